The molecule has 2 aromatic carbocycles. The molecule has 1 heterocycles. The number of carbonyl (C=O) groups excluding carboxylic acids is 1. The van der Waals surface area contributed by atoms with Gasteiger partial charge in [0.25, 0.3) is 5.56 Å². The van der Waals surface area contributed by atoms with Crippen LogP contribution in [0.25, 0.3) is 21.9 Å². The lowest BCUT2D eigenvalue weighted by molar-refractivity contribution is -0.137. The number of nitrogens with zero attached hydrogens (tertiary/aromatic N) is 1. The van der Waals surface area contributed by atoms with Gasteiger partial charge in [0, 0.05) is 24.2 Å². The van der Waals surface area contributed by atoms with Crippen molar-refractivity contribution in [1.82, 2.24) is 4.57 Å². The number of hydrogen-bond acceptors (Lipinski definition) is 3. The molecule has 0 amide bonds. The maximum atomic E-state index is 12.8. The third-order valence-corrected chi connectivity index (χ3v) is 4.13. The third kappa shape index (κ3) is 3.08. The van der Waals surface area contributed by atoms with E-state index >= 15 is 0 Å². The highest BCUT2D eigenvalue weighted by Gasteiger charge is 2.30. The zero-order chi connectivity index (χ0) is 19.1. The monoisotopic (exact) mass is 361 g/mol. The Morgan fingerprint density at radius 1 is 1.04 bits per heavy atom. The first-order valence-corrected chi connectivity index (χ1v) is 7.61. The Bertz CT molecular complexity index is 1050. The second-order valence-corrected chi connectivity index (χ2v) is 5.79. The predicted molar refractivity (Wildman–Crippen MR) is 91.0 cm³/mol. The van der Waals surface area contributed by atoms with Gasteiger partial charge in [-0.05, 0) is 35.2 Å². The molecular formula is C19H14F3NO3. The number of benzene rings is 2. The molecule has 0 saturated heterocycles. The van der Waals surface area contributed by atoms with Crippen LogP contribution in [0.5, 0.6) is 0 Å². The molecule has 4 nitrogen and oxygen atoms in total. The number of esters is 1. The SMILES string of the molecule is COC(=O)c1ccc2c(-c3ccc(C(F)(F)F)cc3)cn(C)c(=O)c2c1. The van der Waals surface area contributed by atoms with Crippen LogP contribution in [-0.4, -0.2) is 17.6 Å². The summed E-state index contributed by atoms with van der Waals surface area (Å²) in [5.74, 6) is -0.575. The number of aromatic nitrogens is 1. The van der Waals surface area contributed by atoms with Crippen LogP contribution >= 0.6 is 0 Å². The first-order chi connectivity index (χ1) is 12.2. The van der Waals surface area contributed by atoms with E-state index in [1.54, 1.807) is 19.3 Å². The van der Waals surface area contributed by atoms with Gasteiger partial charge in [-0.3, -0.25) is 4.79 Å². The molecule has 0 unspecified atom stereocenters. The summed E-state index contributed by atoms with van der Waals surface area (Å²) in [5.41, 5.74) is 0.281. The van der Waals surface area contributed by atoms with Crippen molar-refractivity contribution < 1.29 is 22.7 Å². The standard InChI is InChI=1S/C19H14F3NO3/c1-23-10-16(11-3-6-13(7-4-11)19(20,21)22)14-8-5-12(18(25)26-2)9-15(14)17(23)24/h3-10H,1-2H3. The summed E-state index contributed by atoms with van der Waals surface area (Å²) in [6.45, 7) is 0. The van der Waals surface area contributed by atoms with Crippen LogP contribution in [0.1, 0.15) is 15.9 Å². The maximum Gasteiger partial charge on any atom is 0.416 e. The number of aryl methyl sites for hydroxylation is 1. The van der Waals surface area contributed by atoms with Crippen LogP contribution < -0.4 is 5.56 Å². The molecule has 0 radical (unpaired) electrons. The lowest BCUT2D eigenvalue weighted by atomic mass is 9.98. The summed E-state index contributed by atoms with van der Waals surface area (Å²) < 4.78 is 44.3. The highest BCUT2D eigenvalue weighted by molar-refractivity contribution is 6.00. The smallest absolute Gasteiger partial charge is 0.416 e. The normalized spacial score (nSPS) is 11.6. The Kier molecular flexibility index (Phi) is 4.31. The van der Waals surface area contributed by atoms with Gasteiger partial charge in [0.15, 0.2) is 0 Å². The Balaban J connectivity index is 2.22. The number of hydrogen-bond donors (Lipinski definition) is 0. The molecule has 26 heavy (non-hydrogen) atoms. The summed E-state index contributed by atoms with van der Waals surface area (Å²) in [4.78, 5) is 24.1. The van der Waals surface area contributed by atoms with E-state index in [0.29, 0.717) is 16.5 Å². The molecule has 0 saturated carbocycles. The van der Waals surface area contributed by atoms with Crippen LogP contribution in [0.15, 0.2) is 53.5 Å². The second kappa shape index (κ2) is 6.33. The Hall–Kier alpha value is -3.09. The topological polar surface area (TPSA) is 48.3 Å². The zero-order valence-electron chi connectivity index (χ0n) is 13.9. The van der Waals surface area contributed by atoms with Gasteiger partial charge in [-0.25, -0.2) is 4.79 Å². The molecule has 134 valence electrons. The van der Waals surface area contributed by atoms with Crippen molar-refractivity contribution in [3.8, 4) is 11.1 Å². The van der Waals surface area contributed by atoms with Crippen molar-refractivity contribution >= 4 is 16.7 Å². The minimum absolute atomic E-state index is 0.224. The van der Waals surface area contributed by atoms with E-state index in [1.165, 1.54) is 35.9 Å². The van der Waals surface area contributed by atoms with Gasteiger partial charge >= 0.3 is 12.1 Å². The summed E-state index contributed by atoms with van der Waals surface area (Å²) in [6, 6.07) is 9.24. The molecule has 7 heteroatoms. The van der Waals surface area contributed by atoms with Gasteiger partial charge in [-0.2, -0.15) is 13.2 Å². The molecule has 1 aromatic heterocycles. The molecule has 0 aliphatic carbocycles. The van der Waals surface area contributed by atoms with E-state index in [2.05, 4.69) is 4.74 Å². The van der Waals surface area contributed by atoms with E-state index in [9.17, 15) is 22.8 Å². The summed E-state index contributed by atoms with van der Waals surface area (Å²) in [6.07, 6.45) is -2.86. The van der Waals surface area contributed by atoms with E-state index in [1.807, 2.05) is 0 Å². The second-order valence-electron chi connectivity index (χ2n) is 5.79. The van der Waals surface area contributed by atoms with Gasteiger partial charge in [-0.15, -0.1) is 0 Å². The molecule has 0 atom stereocenters. The van der Waals surface area contributed by atoms with Gasteiger partial charge in [0.05, 0.1) is 18.2 Å². The van der Waals surface area contributed by atoms with E-state index in [4.69, 9.17) is 0 Å². The first-order valence-electron chi connectivity index (χ1n) is 7.61. The number of alkyl halides is 3. The number of ether oxygens (including phenoxy) is 1. The fraction of sp³-hybridized carbons (Fsp3) is 0.158. The Morgan fingerprint density at radius 3 is 2.27 bits per heavy atom. The number of pyridine rings is 1. The van der Waals surface area contributed by atoms with Crippen molar-refractivity contribution in [3.63, 3.8) is 0 Å². The number of methoxy groups -OCH3 is 1. The number of rotatable bonds is 2. The van der Waals surface area contributed by atoms with Gasteiger partial charge < -0.3 is 9.30 Å². The van der Waals surface area contributed by atoms with Crippen molar-refractivity contribution in [2.45, 2.75) is 6.18 Å². The molecule has 3 rings (SSSR count). The largest absolute Gasteiger partial charge is 0.465 e. The average molecular weight is 361 g/mol. The Morgan fingerprint density at radius 2 is 1.69 bits per heavy atom. The summed E-state index contributed by atoms with van der Waals surface area (Å²) >= 11 is 0. The number of carbonyl (C=O) groups is 1. The zero-order valence-corrected chi connectivity index (χ0v) is 13.9. The van der Waals surface area contributed by atoms with Crippen molar-refractivity contribution in [2.24, 2.45) is 7.05 Å². The lowest BCUT2D eigenvalue weighted by Crippen LogP contribution is -2.17. The molecule has 0 spiro atoms. The van der Waals surface area contributed by atoms with Gasteiger partial charge in [-0.1, -0.05) is 18.2 Å². The van der Waals surface area contributed by atoms with Crippen LogP contribution in [0, 0.1) is 0 Å². The maximum absolute atomic E-state index is 12.8. The van der Waals surface area contributed by atoms with Crippen molar-refractivity contribution in [3.05, 3.63) is 70.1 Å². The fourth-order valence-corrected chi connectivity index (χ4v) is 2.78. The van der Waals surface area contributed by atoms with E-state index < -0.39 is 17.7 Å². The minimum atomic E-state index is -4.42. The molecule has 0 bridgehead atoms. The minimum Gasteiger partial charge on any atom is -0.465 e. The fourth-order valence-electron chi connectivity index (χ4n) is 2.78. The average Bonchev–Trinajstić information content (AvgIpc) is 2.63. The number of fused-ring (bicyclic) bond motifs is 1. The highest BCUT2D eigenvalue weighted by atomic mass is 19.4. The quantitative estimate of drug-likeness (QED) is 0.648. The highest BCUT2D eigenvalue weighted by Crippen LogP contribution is 2.32. The van der Waals surface area contributed by atoms with Crippen LogP contribution in [-0.2, 0) is 18.0 Å². The van der Waals surface area contributed by atoms with E-state index in [0.717, 1.165) is 12.1 Å². The molecule has 0 fully saturated rings. The molecule has 3 aromatic rings. The molecular weight excluding hydrogens is 347 g/mol. The van der Waals surface area contributed by atoms with Crippen LogP contribution in [0.3, 0.4) is 0 Å². The summed E-state index contributed by atoms with van der Waals surface area (Å²) in [5, 5.41) is 0.827. The third-order valence-electron chi connectivity index (χ3n) is 4.13. The molecule has 0 aliphatic rings. The Labute approximate surface area is 146 Å². The van der Waals surface area contributed by atoms with Crippen LogP contribution in [0.4, 0.5) is 13.2 Å². The summed E-state index contributed by atoms with van der Waals surface area (Å²) in [7, 11) is 2.78. The van der Waals surface area contributed by atoms with Gasteiger partial charge in [0.2, 0.25) is 0 Å². The van der Waals surface area contributed by atoms with E-state index in [-0.39, 0.29) is 16.5 Å². The number of halogens is 3. The first kappa shape index (κ1) is 17.7. The van der Waals surface area contributed by atoms with Gasteiger partial charge in [0.1, 0.15) is 0 Å². The predicted octanol–water partition coefficient (Wildman–Crippen LogP) is 4.01. The lowest BCUT2D eigenvalue weighted by Gasteiger charge is -2.12. The molecule has 0 aliphatic heterocycles. The van der Waals surface area contributed by atoms with Crippen molar-refractivity contribution in [2.75, 3.05) is 7.11 Å². The molecule has 0 N–H and O–H groups in total. The van der Waals surface area contributed by atoms with Crippen molar-refractivity contribution in [1.29, 1.82) is 0 Å². The van der Waals surface area contributed by atoms with Crippen LogP contribution in [0.2, 0.25) is 0 Å².